The number of aryl methyl sites for hydroxylation is 2. The lowest BCUT2D eigenvalue weighted by atomic mass is 9.96. The number of thiophene rings is 1. The Hall–Kier alpha value is -1.81. The Morgan fingerprint density at radius 2 is 2.08 bits per heavy atom. The predicted molar refractivity (Wildman–Crippen MR) is 96.8 cm³/mol. The van der Waals surface area contributed by atoms with E-state index in [0.717, 1.165) is 23.0 Å². The Kier molecular flexibility index (Phi) is 3.50. The summed E-state index contributed by atoms with van der Waals surface area (Å²) in [7, 11) is 0. The Morgan fingerprint density at radius 3 is 2.83 bits per heavy atom. The van der Waals surface area contributed by atoms with Crippen LogP contribution in [-0.4, -0.2) is 6.09 Å². The van der Waals surface area contributed by atoms with Gasteiger partial charge in [-0.3, -0.25) is 0 Å². The molecule has 4 heteroatoms. The van der Waals surface area contributed by atoms with Crippen LogP contribution in [-0.2, 0) is 13.0 Å². The molecule has 0 saturated heterocycles. The smallest absolute Gasteiger partial charge is 0.399 e. The number of rotatable bonds is 3. The third-order valence-corrected chi connectivity index (χ3v) is 6.89. The first-order valence-electron chi connectivity index (χ1n) is 8.52. The first-order valence-corrected chi connectivity index (χ1v) is 9.33. The van der Waals surface area contributed by atoms with Gasteiger partial charge in [-0.2, -0.15) is 0 Å². The minimum Gasteiger partial charge on any atom is -0.399 e. The van der Waals surface area contributed by atoms with Crippen molar-refractivity contribution in [3.05, 3.63) is 51.4 Å². The standard InChI is InChI=1S/C20H23NO2S/c1-11-7-5-6-8-13(11)10-21-19(22)23-18-14-9-15-17(20(15,3)4)16(14)12(2)24-18/h5-8,15,17H,9-10H2,1-4H3,(H,21,22)/t15-,17-/m1/s1. The molecule has 1 heterocycles. The molecule has 1 fully saturated rings. The molecule has 0 spiro atoms. The highest BCUT2D eigenvalue weighted by Crippen LogP contribution is 2.72. The van der Waals surface area contributed by atoms with Crippen LogP contribution in [0, 0.1) is 25.2 Å². The number of amides is 1. The first-order chi connectivity index (χ1) is 11.4. The van der Waals surface area contributed by atoms with Crippen molar-refractivity contribution in [3.63, 3.8) is 0 Å². The summed E-state index contributed by atoms with van der Waals surface area (Å²) in [5.74, 6) is 1.39. The Bertz CT molecular complexity index is 821. The number of carbonyl (C=O) groups excluding carboxylic acids is 1. The number of benzene rings is 1. The third kappa shape index (κ3) is 2.35. The number of carbonyl (C=O) groups is 1. The molecule has 2 aliphatic carbocycles. The SMILES string of the molecule is Cc1ccccc1CNC(=O)Oc1sc(C)c2c1C[C@@H]1[C@H]2C1(C)C. The van der Waals surface area contributed by atoms with Crippen molar-refractivity contribution < 1.29 is 9.53 Å². The van der Waals surface area contributed by atoms with Crippen molar-refractivity contribution in [2.45, 2.75) is 46.6 Å². The molecule has 3 nitrogen and oxygen atoms in total. The highest BCUT2D eigenvalue weighted by molar-refractivity contribution is 7.14. The van der Waals surface area contributed by atoms with Gasteiger partial charge in [0.1, 0.15) is 0 Å². The van der Waals surface area contributed by atoms with Crippen LogP contribution in [0.25, 0.3) is 0 Å². The third-order valence-electron chi connectivity index (χ3n) is 5.85. The van der Waals surface area contributed by atoms with Crippen molar-refractivity contribution in [2.75, 3.05) is 0 Å². The van der Waals surface area contributed by atoms with Crippen LogP contribution < -0.4 is 10.1 Å². The Labute approximate surface area is 147 Å². The summed E-state index contributed by atoms with van der Waals surface area (Å²) < 4.78 is 5.65. The fourth-order valence-corrected chi connectivity index (χ4v) is 5.35. The molecular weight excluding hydrogens is 318 g/mol. The summed E-state index contributed by atoms with van der Waals surface area (Å²) in [6.45, 7) is 9.39. The minimum atomic E-state index is -0.359. The average molecular weight is 341 g/mol. The molecule has 2 aromatic rings. The van der Waals surface area contributed by atoms with Gasteiger partial charge in [0.05, 0.1) is 0 Å². The molecule has 1 aromatic carbocycles. The molecule has 0 radical (unpaired) electrons. The summed E-state index contributed by atoms with van der Waals surface area (Å²) >= 11 is 1.62. The summed E-state index contributed by atoms with van der Waals surface area (Å²) in [5, 5.41) is 3.67. The van der Waals surface area contributed by atoms with Crippen molar-refractivity contribution in [3.8, 4) is 5.06 Å². The molecule has 0 bridgehead atoms. The summed E-state index contributed by atoms with van der Waals surface area (Å²) in [6, 6.07) is 8.06. The van der Waals surface area contributed by atoms with Crippen LogP contribution in [0.5, 0.6) is 5.06 Å². The summed E-state index contributed by atoms with van der Waals surface area (Å²) in [4.78, 5) is 13.5. The van der Waals surface area contributed by atoms with Crippen LogP contribution in [0.2, 0.25) is 0 Å². The van der Waals surface area contributed by atoms with Crippen LogP contribution in [0.15, 0.2) is 24.3 Å². The van der Waals surface area contributed by atoms with Gasteiger partial charge in [0.2, 0.25) is 0 Å². The van der Waals surface area contributed by atoms with Gasteiger partial charge in [0, 0.05) is 17.0 Å². The van der Waals surface area contributed by atoms with Gasteiger partial charge in [-0.05, 0) is 54.2 Å². The van der Waals surface area contributed by atoms with Gasteiger partial charge < -0.3 is 10.1 Å². The van der Waals surface area contributed by atoms with E-state index in [4.69, 9.17) is 4.74 Å². The molecule has 24 heavy (non-hydrogen) atoms. The summed E-state index contributed by atoms with van der Waals surface area (Å²) in [5.41, 5.74) is 5.44. The van der Waals surface area contributed by atoms with Gasteiger partial charge in [0.25, 0.3) is 0 Å². The number of ether oxygens (including phenoxy) is 1. The van der Waals surface area contributed by atoms with Crippen LogP contribution >= 0.6 is 11.3 Å². The fraction of sp³-hybridized carbons (Fsp3) is 0.450. The number of hydrogen-bond donors (Lipinski definition) is 1. The molecule has 2 atom stereocenters. The van der Waals surface area contributed by atoms with E-state index < -0.39 is 0 Å². The number of hydrogen-bond acceptors (Lipinski definition) is 3. The largest absolute Gasteiger partial charge is 0.413 e. The van der Waals surface area contributed by atoms with Crippen LogP contribution in [0.1, 0.15) is 46.9 Å². The lowest BCUT2D eigenvalue weighted by Gasteiger charge is -2.11. The molecule has 1 saturated carbocycles. The Morgan fingerprint density at radius 1 is 1.33 bits per heavy atom. The van der Waals surface area contributed by atoms with Crippen molar-refractivity contribution in [1.82, 2.24) is 5.32 Å². The first kappa shape index (κ1) is 15.7. The van der Waals surface area contributed by atoms with Gasteiger partial charge in [-0.15, -0.1) is 11.3 Å². The zero-order chi connectivity index (χ0) is 17.1. The fourth-order valence-electron chi connectivity index (χ4n) is 4.27. The lowest BCUT2D eigenvalue weighted by molar-refractivity contribution is 0.201. The number of nitrogens with one attached hydrogen (secondary N) is 1. The lowest BCUT2D eigenvalue weighted by Crippen LogP contribution is -2.26. The zero-order valence-electron chi connectivity index (χ0n) is 14.6. The Balaban J connectivity index is 1.44. The van der Waals surface area contributed by atoms with Gasteiger partial charge in [-0.1, -0.05) is 38.1 Å². The van der Waals surface area contributed by atoms with Crippen molar-refractivity contribution >= 4 is 17.4 Å². The molecule has 1 aromatic heterocycles. The topological polar surface area (TPSA) is 38.3 Å². The molecule has 126 valence electrons. The van der Waals surface area contributed by atoms with E-state index in [0.29, 0.717) is 17.9 Å². The normalized spacial score (nSPS) is 22.7. The zero-order valence-corrected chi connectivity index (χ0v) is 15.4. The van der Waals surface area contributed by atoms with Crippen LogP contribution in [0.3, 0.4) is 0 Å². The maximum atomic E-state index is 12.2. The van der Waals surface area contributed by atoms with E-state index in [2.05, 4.69) is 26.1 Å². The van der Waals surface area contributed by atoms with Crippen molar-refractivity contribution in [1.29, 1.82) is 0 Å². The van der Waals surface area contributed by atoms with Crippen molar-refractivity contribution in [2.24, 2.45) is 11.3 Å². The second kappa shape index (κ2) is 5.35. The summed E-state index contributed by atoms with van der Waals surface area (Å²) in [6.07, 6.45) is 0.694. The van der Waals surface area contributed by atoms with E-state index in [9.17, 15) is 4.79 Å². The molecule has 4 rings (SSSR count). The van der Waals surface area contributed by atoms with E-state index in [1.165, 1.54) is 21.6 Å². The van der Waals surface area contributed by atoms with E-state index in [1.807, 2.05) is 31.2 Å². The maximum Gasteiger partial charge on any atom is 0.413 e. The molecule has 0 aliphatic heterocycles. The number of fused-ring (bicyclic) bond motifs is 3. The van der Waals surface area contributed by atoms with Gasteiger partial charge >= 0.3 is 6.09 Å². The van der Waals surface area contributed by atoms with E-state index in [1.54, 1.807) is 11.3 Å². The van der Waals surface area contributed by atoms with Gasteiger partial charge in [-0.25, -0.2) is 4.79 Å². The molecular formula is C20H23NO2S. The van der Waals surface area contributed by atoms with Crippen LogP contribution in [0.4, 0.5) is 4.79 Å². The predicted octanol–water partition coefficient (Wildman–Crippen LogP) is 4.95. The maximum absolute atomic E-state index is 12.2. The minimum absolute atomic E-state index is 0.359. The van der Waals surface area contributed by atoms with E-state index in [-0.39, 0.29) is 6.09 Å². The molecule has 1 amide bonds. The molecule has 2 aliphatic rings. The van der Waals surface area contributed by atoms with Gasteiger partial charge in [0.15, 0.2) is 5.06 Å². The average Bonchev–Trinajstić information content (AvgIpc) is 2.87. The quantitative estimate of drug-likeness (QED) is 0.858. The molecule has 1 N–H and O–H groups in total. The monoisotopic (exact) mass is 341 g/mol. The highest BCUT2D eigenvalue weighted by Gasteiger charge is 2.63. The van der Waals surface area contributed by atoms with E-state index >= 15 is 0 Å². The highest BCUT2D eigenvalue weighted by atomic mass is 32.1. The second-order valence-electron chi connectivity index (χ2n) is 7.62. The molecule has 0 unspecified atom stereocenters. The second-order valence-corrected chi connectivity index (χ2v) is 8.80.